The topological polar surface area (TPSA) is 70.6 Å². The normalized spacial score (nSPS) is 10.6. The zero-order chi connectivity index (χ0) is 18.2. The Morgan fingerprint density at radius 2 is 1.96 bits per heavy atom. The van der Waals surface area contributed by atoms with Gasteiger partial charge in [-0.15, -0.1) is 0 Å². The van der Waals surface area contributed by atoms with Crippen molar-refractivity contribution < 1.29 is 23.5 Å². The molecule has 25 heavy (non-hydrogen) atoms. The summed E-state index contributed by atoms with van der Waals surface area (Å²) in [6.45, 7) is 0.257. The van der Waals surface area contributed by atoms with Crippen molar-refractivity contribution in [2.24, 2.45) is 0 Å². The van der Waals surface area contributed by atoms with Crippen molar-refractivity contribution in [1.29, 1.82) is 0 Å². The summed E-state index contributed by atoms with van der Waals surface area (Å²) in [6.07, 6.45) is 1.12. The minimum absolute atomic E-state index is 0.0138. The van der Waals surface area contributed by atoms with Gasteiger partial charge in [-0.2, -0.15) is 0 Å². The zero-order valence-electron chi connectivity index (χ0n) is 13.2. The van der Waals surface area contributed by atoms with Crippen molar-refractivity contribution in [1.82, 2.24) is 5.48 Å². The Morgan fingerprint density at radius 3 is 2.68 bits per heavy atom. The van der Waals surface area contributed by atoms with E-state index in [0.717, 1.165) is 0 Å². The van der Waals surface area contributed by atoms with Crippen molar-refractivity contribution in [2.75, 3.05) is 18.5 Å². The highest BCUT2D eigenvalue weighted by molar-refractivity contribution is 14.1. The van der Waals surface area contributed by atoms with Gasteiger partial charge in [-0.05, 0) is 65.8 Å². The molecule has 5 nitrogen and oxygen atoms in total. The highest BCUT2D eigenvalue weighted by atomic mass is 127. The van der Waals surface area contributed by atoms with Crippen molar-refractivity contribution in [3.63, 3.8) is 0 Å². The first-order chi connectivity index (χ1) is 12.0. The van der Waals surface area contributed by atoms with Crippen molar-refractivity contribution in [3.05, 3.63) is 57.2 Å². The maximum Gasteiger partial charge on any atom is 0.277 e. The van der Waals surface area contributed by atoms with Gasteiger partial charge in [0.2, 0.25) is 0 Å². The molecule has 1 amide bonds. The first kappa shape index (κ1) is 19.5. The van der Waals surface area contributed by atoms with Crippen LogP contribution < -0.4 is 10.8 Å². The second-order valence-corrected chi connectivity index (χ2v) is 6.37. The van der Waals surface area contributed by atoms with E-state index in [1.807, 2.05) is 22.6 Å². The summed E-state index contributed by atoms with van der Waals surface area (Å²) in [4.78, 5) is 17.2. The lowest BCUT2D eigenvalue weighted by molar-refractivity contribution is 0.0289. The molecule has 3 N–H and O–H groups in total. The van der Waals surface area contributed by atoms with E-state index in [2.05, 4.69) is 10.8 Å². The monoisotopic (exact) mass is 462 g/mol. The highest BCUT2D eigenvalue weighted by Gasteiger charge is 2.17. The molecule has 0 aliphatic heterocycles. The van der Waals surface area contributed by atoms with Crippen LogP contribution in [0.5, 0.6) is 0 Å². The lowest BCUT2D eigenvalue weighted by atomic mass is 10.1. The molecule has 0 saturated carbocycles. The van der Waals surface area contributed by atoms with E-state index in [0.29, 0.717) is 16.4 Å². The van der Waals surface area contributed by atoms with Crippen LogP contribution in [0.25, 0.3) is 0 Å². The van der Waals surface area contributed by atoms with Crippen LogP contribution in [-0.2, 0) is 4.84 Å². The van der Waals surface area contributed by atoms with E-state index in [-0.39, 0.29) is 30.2 Å². The molecule has 0 spiro atoms. The molecule has 0 heterocycles. The minimum atomic E-state index is -0.689. The third-order valence-corrected chi connectivity index (χ3v) is 3.94. The second kappa shape index (κ2) is 9.64. The fourth-order valence-corrected chi connectivity index (χ4v) is 2.48. The quantitative estimate of drug-likeness (QED) is 0.318. The van der Waals surface area contributed by atoms with Crippen LogP contribution in [0.3, 0.4) is 0 Å². The van der Waals surface area contributed by atoms with E-state index in [9.17, 15) is 13.6 Å². The zero-order valence-corrected chi connectivity index (χ0v) is 15.3. The predicted molar refractivity (Wildman–Crippen MR) is 98.5 cm³/mol. The molecule has 0 bridgehead atoms. The third kappa shape index (κ3) is 5.62. The molecule has 0 aliphatic carbocycles. The lowest BCUT2D eigenvalue weighted by Gasteiger charge is -2.14. The van der Waals surface area contributed by atoms with Crippen LogP contribution in [0.15, 0.2) is 36.4 Å². The van der Waals surface area contributed by atoms with E-state index in [4.69, 9.17) is 9.94 Å². The summed E-state index contributed by atoms with van der Waals surface area (Å²) in [5.74, 6) is -1.90. The Kier molecular flexibility index (Phi) is 7.53. The van der Waals surface area contributed by atoms with Crippen LogP contribution in [0, 0.1) is 15.2 Å². The summed E-state index contributed by atoms with van der Waals surface area (Å²) >= 11 is 1.96. The summed E-state index contributed by atoms with van der Waals surface area (Å²) in [7, 11) is 0. The Balaban J connectivity index is 2.14. The van der Waals surface area contributed by atoms with Crippen LogP contribution in [0.2, 0.25) is 0 Å². The summed E-state index contributed by atoms with van der Waals surface area (Å²) in [6, 6.07) is 8.39. The fourth-order valence-electron chi connectivity index (χ4n) is 2.02. The summed E-state index contributed by atoms with van der Waals surface area (Å²) < 4.78 is 28.8. The van der Waals surface area contributed by atoms with E-state index in [1.54, 1.807) is 6.07 Å². The number of carbonyl (C=O) groups is 1. The van der Waals surface area contributed by atoms with Gasteiger partial charge in [0.25, 0.3) is 5.91 Å². The van der Waals surface area contributed by atoms with Gasteiger partial charge in [0, 0.05) is 10.2 Å². The number of amides is 1. The molecule has 134 valence electrons. The smallest absolute Gasteiger partial charge is 0.277 e. The van der Waals surface area contributed by atoms with Gasteiger partial charge in [0.05, 0.1) is 23.5 Å². The summed E-state index contributed by atoms with van der Waals surface area (Å²) in [5.41, 5.74) is 2.12. The van der Waals surface area contributed by atoms with Gasteiger partial charge in [0.15, 0.2) is 0 Å². The first-order valence-electron chi connectivity index (χ1n) is 7.56. The first-order valence-corrected chi connectivity index (χ1v) is 8.64. The summed E-state index contributed by atoms with van der Waals surface area (Å²) in [5, 5.41) is 11.3. The molecule has 0 fully saturated rings. The Bertz CT molecular complexity index is 744. The van der Waals surface area contributed by atoms with Gasteiger partial charge in [-0.1, -0.05) is 6.07 Å². The molecule has 0 atom stereocenters. The average Bonchev–Trinajstić information content (AvgIpc) is 2.58. The molecule has 0 saturated heterocycles. The lowest BCUT2D eigenvalue weighted by Crippen LogP contribution is -2.25. The number of unbranched alkanes of at least 4 members (excludes halogenated alkanes) is 1. The number of hydroxylamine groups is 1. The van der Waals surface area contributed by atoms with E-state index >= 15 is 0 Å². The van der Waals surface area contributed by atoms with Gasteiger partial charge < -0.3 is 10.4 Å². The van der Waals surface area contributed by atoms with Crippen LogP contribution in [0.1, 0.15) is 23.2 Å². The van der Waals surface area contributed by atoms with Gasteiger partial charge in [-0.3, -0.25) is 9.63 Å². The predicted octanol–water partition coefficient (Wildman–Crippen LogP) is 3.75. The SMILES string of the molecule is O=C(NOCCCCO)c1cccc(F)c1Nc1ccc(I)cc1F. The molecule has 2 rings (SSSR count). The van der Waals surface area contributed by atoms with Crippen molar-refractivity contribution in [3.8, 4) is 0 Å². The average molecular weight is 462 g/mol. The second-order valence-electron chi connectivity index (χ2n) is 5.12. The van der Waals surface area contributed by atoms with Gasteiger partial charge in [-0.25, -0.2) is 14.3 Å². The van der Waals surface area contributed by atoms with E-state index in [1.165, 1.54) is 30.3 Å². The number of aliphatic hydroxyl groups excluding tert-OH is 1. The number of para-hydroxylation sites is 1. The van der Waals surface area contributed by atoms with Crippen LogP contribution >= 0.6 is 22.6 Å². The molecule has 0 unspecified atom stereocenters. The number of aliphatic hydroxyl groups is 1. The van der Waals surface area contributed by atoms with Crippen LogP contribution in [0.4, 0.5) is 20.2 Å². The number of hydrogen-bond acceptors (Lipinski definition) is 4. The van der Waals surface area contributed by atoms with Crippen molar-refractivity contribution in [2.45, 2.75) is 12.8 Å². The number of carbonyl (C=O) groups excluding carboxylic acids is 1. The molecular weight excluding hydrogens is 445 g/mol. The number of halogens is 3. The highest BCUT2D eigenvalue weighted by Crippen LogP contribution is 2.27. The molecule has 2 aromatic carbocycles. The number of rotatable bonds is 8. The molecule has 0 aromatic heterocycles. The Hall–Kier alpha value is -1.78. The van der Waals surface area contributed by atoms with E-state index < -0.39 is 17.5 Å². The molecule has 8 heteroatoms. The maximum absolute atomic E-state index is 14.2. The third-order valence-electron chi connectivity index (χ3n) is 3.27. The minimum Gasteiger partial charge on any atom is -0.396 e. The number of hydrogen-bond donors (Lipinski definition) is 3. The number of nitrogens with one attached hydrogen (secondary N) is 2. The molecular formula is C17H17F2IN2O3. The number of anilines is 2. The molecule has 0 aliphatic rings. The largest absolute Gasteiger partial charge is 0.396 e. The standard InChI is InChI=1S/C17H17F2IN2O3/c18-13-5-3-4-12(17(24)22-25-9-2-1-8-23)16(13)21-15-7-6-11(20)10-14(15)19/h3-7,10,21,23H,1-2,8-9H2,(H,22,24). The fraction of sp³-hybridized carbons (Fsp3) is 0.235. The van der Waals surface area contributed by atoms with Gasteiger partial charge in [0.1, 0.15) is 11.6 Å². The number of benzene rings is 2. The van der Waals surface area contributed by atoms with Gasteiger partial charge >= 0.3 is 0 Å². The molecule has 2 aromatic rings. The molecule has 0 radical (unpaired) electrons. The van der Waals surface area contributed by atoms with Crippen LogP contribution in [-0.4, -0.2) is 24.2 Å². The Morgan fingerprint density at radius 1 is 1.16 bits per heavy atom. The maximum atomic E-state index is 14.2. The van der Waals surface area contributed by atoms with Crippen molar-refractivity contribution >= 4 is 39.9 Å². The Labute approximate surface area is 157 Å².